The van der Waals surface area contributed by atoms with Crippen molar-refractivity contribution < 1.29 is 69.8 Å². The molecule has 1 N–H and O–H groups in total. The van der Waals surface area contributed by atoms with Gasteiger partial charge in [-0.15, -0.1) is 12.6 Å². The van der Waals surface area contributed by atoms with Gasteiger partial charge in [-0.2, -0.15) is 34.8 Å². The van der Waals surface area contributed by atoms with Crippen molar-refractivity contribution in [3.05, 3.63) is 108 Å². The molecule has 10 nitrogen and oxygen atoms in total. The van der Waals surface area contributed by atoms with Crippen LogP contribution < -0.4 is 9.47 Å². The van der Waals surface area contributed by atoms with E-state index in [4.69, 9.17) is 22.1 Å². The van der Waals surface area contributed by atoms with Crippen LogP contribution in [0.25, 0.3) is 0 Å². The van der Waals surface area contributed by atoms with E-state index >= 15 is 0 Å². The fraction of sp³-hybridized carbons (Fsp3) is 0.226. The van der Waals surface area contributed by atoms with Gasteiger partial charge in [0.25, 0.3) is 10.1 Å². The lowest BCUT2D eigenvalue weighted by Crippen LogP contribution is -2.54. The Hall–Kier alpha value is -4.46. The first kappa shape index (κ1) is 43.6. The Morgan fingerprint density at radius 3 is 1.40 bits per heavy atom. The molecule has 4 aromatic carbocycles. The Morgan fingerprint density at radius 2 is 1.02 bits per heavy atom. The van der Waals surface area contributed by atoms with Crippen molar-refractivity contribution in [2.45, 2.75) is 54.2 Å². The number of benzene rings is 4. The Morgan fingerprint density at radius 1 is 0.640 bits per heavy atom. The van der Waals surface area contributed by atoms with Gasteiger partial charge in [0.15, 0.2) is 0 Å². The third kappa shape index (κ3) is 9.20. The van der Waals surface area contributed by atoms with Crippen LogP contribution in [0.1, 0.15) is 31.5 Å². The first-order valence-corrected chi connectivity index (χ1v) is 16.7. The SMILES string of the molecule is C.C.COc1ccc(S(=O)(=O)c2ccc(Oc3ccc(C(c4ccc(C)cc4)(C(F)(F)F)C(F)(F)F)cc3)cc2)cc1S(=O)(=O)O.O=S(=O)=O. The Balaban J connectivity index is 0.00000197. The Labute approximate surface area is 286 Å². The molecule has 0 atom stereocenters. The summed E-state index contributed by atoms with van der Waals surface area (Å²) in [7, 11) is -11.1. The summed E-state index contributed by atoms with van der Waals surface area (Å²) in [5.74, 6) is -0.441. The van der Waals surface area contributed by atoms with Crippen LogP contribution in [-0.4, -0.2) is 53.5 Å². The molecule has 0 aliphatic heterocycles. The third-order valence-electron chi connectivity index (χ3n) is 6.72. The van der Waals surface area contributed by atoms with E-state index in [0.29, 0.717) is 23.8 Å². The van der Waals surface area contributed by atoms with Crippen LogP contribution in [-0.2, 0) is 36.0 Å². The molecule has 0 heterocycles. The molecule has 0 fully saturated rings. The average Bonchev–Trinajstić information content (AvgIpc) is 2.97. The molecule has 0 aliphatic rings. The maximum atomic E-state index is 14.3. The second-order valence-electron chi connectivity index (χ2n) is 9.70. The van der Waals surface area contributed by atoms with Crippen LogP contribution in [0.3, 0.4) is 0 Å². The van der Waals surface area contributed by atoms with E-state index in [2.05, 4.69) is 0 Å². The number of alkyl halides is 6. The highest BCUT2D eigenvalue weighted by atomic mass is 32.2. The lowest BCUT2D eigenvalue weighted by molar-refractivity contribution is -0.288. The summed E-state index contributed by atoms with van der Waals surface area (Å²) < 4.78 is 180. The van der Waals surface area contributed by atoms with Gasteiger partial charge in [-0.05, 0) is 72.6 Å². The number of hydrogen-bond donors (Lipinski definition) is 1. The van der Waals surface area contributed by atoms with E-state index in [0.717, 1.165) is 67.8 Å². The van der Waals surface area contributed by atoms with Crippen LogP contribution in [0, 0.1) is 6.92 Å². The lowest BCUT2D eigenvalue weighted by atomic mass is 9.72. The fourth-order valence-electron chi connectivity index (χ4n) is 4.54. The maximum absolute atomic E-state index is 14.3. The number of aryl methyl sites for hydroxylation is 1. The van der Waals surface area contributed by atoms with E-state index in [1.54, 1.807) is 0 Å². The summed E-state index contributed by atoms with van der Waals surface area (Å²) in [4.78, 5) is -1.57. The summed E-state index contributed by atoms with van der Waals surface area (Å²) in [5.41, 5.74) is -5.94. The molecule has 0 radical (unpaired) electrons. The molecule has 0 spiro atoms. The van der Waals surface area contributed by atoms with Gasteiger partial charge in [0.2, 0.25) is 15.3 Å². The third-order valence-corrected chi connectivity index (χ3v) is 9.36. The van der Waals surface area contributed by atoms with E-state index in [9.17, 15) is 47.7 Å². The monoisotopic (exact) mass is 772 g/mol. The predicted molar refractivity (Wildman–Crippen MR) is 168 cm³/mol. The zero-order chi connectivity index (χ0) is 36.3. The predicted octanol–water partition coefficient (Wildman–Crippen LogP) is 7.55. The summed E-state index contributed by atoms with van der Waals surface area (Å²) in [6.45, 7) is 1.53. The number of methoxy groups -OCH3 is 1. The molecule has 0 amide bonds. The Bertz CT molecular complexity index is 2080. The summed E-state index contributed by atoms with van der Waals surface area (Å²) in [6.07, 6.45) is -11.5. The van der Waals surface area contributed by atoms with Crippen molar-refractivity contribution in [2.24, 2.45) is 0 Å². The average molecular weight is 773 g/mol. The number of halogens is 6. The van der Waals surface area contributed by atoms with Crippen LogP contribution >= 0.6 is 0 Å². The molecule has 0 aliphatic carbocycles. The van der Waals surface area contributed by atoms with Gasteiger partial charge in [0.1, 0.15) is 22.1 Å². The normalized spacial score (nSPS) is 11.9. The summed E-state index contributed by atoms with van der Waals surface area (Å²) >= 11 is 0. The second kappa shape index (κ2) is 16.0. The molecule has 0 aromatic heterocycles. The van der Waals surface area contributed by atoms with E-state index in [1.807, 2.05) is 0 Å². The number of hydrogen-bond acceptors (Lipinski definition) is 9. The zero-order valence-corrected chi connectivity index (χ0v) is 26.7. The quantitative estimate of drug-likeness (QED) is 0.140. The minimum Gasteiger partial charge on any atom is -0.495 e. The molecular formula is C31H30F6O10S3. The molecule has 50 heavy (non-hydrogen) atoms. The van der Waals surface area contributed by atoms with Crippen LogP contribution in [0.5, 0.6) is 17.2 Å². The van der Waals surface area contributed by atoms with Gasteiger partial charge in [-0.1, -0.05) is 56.8 Å². The molecule has 19 heteroatoms. The van der Waals surface area contributed by atoms with Gasteiger partial charge in [-0.25, -0.2) is 8.42 Å². The Kier molecular flexibility index (Phi) is 14.0. The van der Waals surface area contributed by atoms with Crippen molar-refractivity contribution in [1.82, 2.24) is 0 Å². The van der Waals surface area contributed by atoms with Crippen LogP contribution in [0.2, 0.25) is 0 Å². The highest BCUT2D eigenvalue weighted by molar-refractivity contribution is 7.91. The largest absolute Gasteiger partial charge is 0.495 e. The van der Waals surface area contributed by atoms with E-state index < -0.39 is 69.2 Å². The minimum absolute atomic E-state index is 0. The van der Waals surface area contributed by atoms with Crippen LogP contribution in [0.4, 0.5) is 26.3 Å². The molecular weight excluding hydrogens is 743 g/mol. The van der Waals surface area contributed by atoms with Crippen LogP contribution in [0.15, 0.2) is 106 Å². The number of ether oxygens (including phenoxy) is 2. The topological polar surface area (TPSA) is 158 Å². The van der Waals surface area contributed by atoms with Crippen molar-refractivity contribution in [3.8, 4) is 17.2 Å². The van der Waals surface area contributed by atoms with Gasteiger partial charge < -0.3 is 9.47 Å². The van der Waals surface area contributed by atoms with Crippen molar-refractivity contribution in [2.75, 3.05) is 7.11 Å². The molecule has 0 bridgehead atoms. The van der Waals surface area contributed by atoms with Crippen molar-refractivity contribution in [3.63, 3.8) is 0 Å². The van der Waals surface area contributed by atoms with Crippen molar-refractivity contribution in [1.29, 1.82) is 0 Å². The fourth-order valence-corrected chi connectivity index (χ4v) is 6.59. The first-order valence-electron chi connectivity index (χ1n) is 12.8. The standard InChI is InChI=1S/C29H22F6O7S2.2CH4.O3S/c1-18-3-5-19(6-4-18)27(28(30,31)32,29(33,34)35)20-7-9-21(10-8-20)42-22-11-13-23(14-12-22)43(36,37)24-15-16-25(41-2)26(17-24)44(38,39)40;;;1-4(2)3/h3-17H,1-2H3,(H,38,39,40);2*1H4;. The van der Waals surface area contributed by atoms with E-state index in [-0.39, 0.29) is 37.0 Å². The molecule has 0 unspecified atom stereocenters. The molecule has 274 valence electrons. The lowest BCUT2D eigenvalue weighted by Gasteiger charge is -2.38. The molecule has 0 saturated heterocycles. The van der Waals surface area contributed by atoms with Gasteiger partial charge in [0, 0.05) is 0 Å². The van der Waals surface area contributed by atoms with Gasteiger partial charge in [-0.3, -0.25) is 4.55 Å². The van der Waals surface area contributed by atoms with Gasteiger partial charge >= 0.3 is 23.0 Å². The molecule has 4 aromatic rings. The van der Waals surface area contributed by atoms with Gasteiger partial charge in [0.05, 0.1) is 16.9 Å². The first-order chi connectivity index (χ1) is 22.0. The molecule has 4 rings (SSSR count). The summed E-state index contributed by atoms with van der Waals surface area (Å²) in [5, 5.41) is 0. The van der Waals surface area contributed by atoms with Crippen molar-refractivity contribution >= 4 is 30.6 Å². The second-order valence-corrected chi connectivity index (χ2v) is 13.5. The van der Waals surface area contributed by atoms with E-state index in [1.165, 1.54) is 19.1 Å². The number of rotatable bonds is 8. The molecule has 0 saturated carbocycles. The maximum Gasteiger partial charge on any atom is 0.425 e. The minimum atomic E-state index is -5.75. The highest BCUT2D eigenvalue weighted by Gasteiger charge is 2.72. The smallest absolute Gasteiger partial charge is 0.425 e. The highest BCUT2D eigenvalue weighted by Crippen LogP contribution is 2.56. The number of sulfone groups is 1. The zero-order valence-electron chi connectivity index (χ0n) is 24.3. The summed E-state index contributed by atoms with van der Waals surface area (Å²) in [6, 6.07) is 14.4.